The van der Waals surface area contributed by atoms with Gasteiger partial charge in [0.25, 0.3) is 5.91 Å². The van der Waals surface area contributed by atoms with Crippen molar-refractivity contribution in [2.45, 2.75) is 70.2 Å². The number of ether oxygens (including phenoxy) is 1. The Labute approximate surface area is 178 Å². The Morgan fingerprint density at radius 3 is 2.37 bits per heavy atom. The predicted octanol–water partition coefficient (Wildman–Crippen LogP) is 2.88. The van der Waals surface area contributed by atoms with Crippen molar-refractivity contribution in [3.63, 3.8) is 0 Å². The van der Waals surface area contributed by atoms with Gasteiger partial charge in [0.05, 0.1) is 4.90 Å². The molecule has 1 aromatic rings. The highest BCUT2D eigenvalue weighted by Gasteiger charge is 2.35. The maximum atomic E-state index is 12.6. The fraction of sp³-hybridized carbons (Fsp3) is 0.545. The van der Waals surface area contributed by atoms with Gasteiger partial charge in [0.1, 0.15) is 6.54 Å². The maximum Gasteiger partial charge on any atom is 0.321 e. The van der Waals surface area contributed by atoms with Crippen molar-refractivity contribution in [3.05, 3.63) is 40.6 Å². The van der Waals surface area contributed by atoms with Gasteiger partial charge in [0.2, 0.25) is 10.0 Å². The molecule has 30 heavy (non-hydrogen) atoms. The molecule has 3 rings (SSSR count). The van der Waals surface area contributed by atoms with Crippen LogP contribution < -0.4 is 4.72 Å². The Hall–Kier alpha value is -2.19. The molecule has 0 radical (unpaired) electrons. The molecule has 7 nitrogen and oxygen atoms in total. The Balaban J connectivity index is 1.55. The van der Waals surface area contributed by atoms with Crippen molar-refractivity contribution in [2.75, 3.05) is 13.2 Å². The zero-order chi connectivity index (χ0) is 21.9. The number of esters is 1. The highest BCUT2D eigenvalue weighted by Crippen LogP contribution is 2.33. The van der Waals surface area contributed by atoms with Crippen molar-refractivity contribution in [3.8, 4) is 0 Å². The molecule has 1 fully saturated rings. The van der Waals surface area contributed by atoms with E-state index < -0.39 is 22.5 Å². The molecule has 0 heterocycles. The normalized spacial score (nSPS) is 16.7. The number of amides is 1. The minimum Gasteiger partial charge on any atom is -0.455 e. The monoisotopic (exact) mass is 434 g/mol. The predicted molar refractivity (Wildman–Crippen MR) is 113 cm³/mol. The lowest BCUT2D eigenvalue weighted by atomic mass is 10.0. The van der Waals surface area contributed by atoms with Crippen molar-refractivity contribution in [1.82, 2.24) is 9.62 Å². The van der Waals surface area contributed by atoms with Crippen molar-refractivity contribution in [1.29, 1.82) is 0 Å². The number of nitrogens with zero attached hydrogens (tertiary/aromatic N) is 1. The van der Waals surface area contributed by atoms with E-state index in [1.54, 1.807) is 30.9 Å². The number of hydrogen-bond donors (Lipinski definition) is 1. The average Bonchev–Trinajstić information content (AvgIpc) is 3.50. The van der Waals surface area contributed by atoms with Crippen LogP contribution in [0.2, 0.25) is 0 Å². The largest absolute Gasteiger partial charge is 0.455 e. The maximum absolute atomic E-state index is 12.6. The summed E-state index contributed by atoms with van der Waals surface area (Å²) in [6.07, 6.45) is 8.05. The molecule has 0 aliphatic heterocycles. The molecule has 0 spiro atoms. The molecule has 0 atom stereocenters. The van der Waals surface area contributed by atoms with E-state index in [0.29, 0.717) is 11.1 Å². The van der Waals surface area contributed by atoms with Crippen LogP contribution in [0.5, 0.6) is 0 Å². The minimum absolute atomic E-state index is 0.168. The lowest BCUT2D eigenvalue weighted by Gasteiger charge is -2.27. The van der Waals surface area contributed by atoms with Gasteiger partial charge in [0, 0.05) is 11.7 Å². The van der Waals surface area contributed by atoms with E-state index in [2.05, 4.69) is 10.8 Å². The van der Waals surface area contributed by atoms with E-state index in [9.17, 15) is 18.0 Å². The second-order valence-electron chi connectivity index (χ2n) is 8.15. The summed E-state index contributed by atoms with van der Waals surface area (Å²) in [7, 11) is -3.86. The van der Waals surface area contributed by atoms with Gasteiger partial charge in [-0.1, -0.05) is 23.8 Å². The van der Waals surface area contributed by atoms with Gasteiger partial charge >= 0.3 is 5.97 Å². The van der Waals surface area contributed by atoms with Crippen LogP contribution in [0.15, 0.2) is 28.8 Å². The van der Waals surface area contributed by atoms with Gasteiger partial charge in [-0.25, -0.2) is 8.42 Å². The summed E-state index contributed by atoms with van der Waals surface area (Å²) in [5.74, 6) is -1.02. The molecule has 1 aromatic carbocycles. The SMILES string of the molecule is Cc1cc(C)c(S(=O)(=O)NCC(=O)OCC(=O)N(C2=CCCCC2)C2CC2)c(C)c1. The first-order chi connectivity index (χ1) is 14.2. The Morgan fingerprint density at radius 1 is 1.13 bits per heavy atom. The smallest absolute Gasteiger partial charge is 0.321 e. The minimum atomic E-state index is -3.86. The lowest BCUT2D eigenvalue weighted by molar-refractivity contribution is -0.150. The van der Waals surface area contributed by atoms with Crippen molar-refractivity contribution >= 4 is 21.9 Å². The van der Waals surface area contributed by atoms with Crippen LogP contribution in [0.3, 0.4) is 0 Å². The molecule has 1 N–H and O–H groups in total. The summed E-state index contributed by atoms with van der Waals surface area (Å²) in [4.78, 5) is 26.7. The average molecular weight is 435 g/mol. The number of aryl methyl sites for hydroxylation is 3. The van der Waals surface area contributed by atoms with E-state index in [4.69, 9.17) is 4.74 Å². The second kappa shape index (κ2) is 9.31. The van der Waals surface area contributed by atoms with Crippen LogP contribution in [0.1, 0.15) is 55.2 Å². The molecular weight excluding hydrogens is 404 g/mol. The molecule has 0 saturated heterocycles. The first-order valence-electron chi connectivity index (χ1n) is 10.4. The molecule has 0 bridgehead atoms. The zero-order valence-electron chi connectivity index (χ0n) is 17.9. The summed E-state index contributed by atoms with van der Waals surface area (Å²) < 4.78 is 32.6. The number of rotatable bonds is 8. The third-order valence-electron chi connectivity index (χ3n) is 5.39. The highest BCUT2D eigenvalue weighted by atomic mass is 32.2. The Bertz CT molecular complexity index is 941. The second-order valence-corrected chi connectivity index (χ2v) is 9.85. The summed E-state index contributed by atoms with van der Waals surface area (Å²) in [6, 6.07) is 3.77. The van der Waals surface area contributed by atoms with Crippen LogP contribution >= 0.6 is 0 Å². The van der Waals surface area contributed by atoms with E-state index in [-0.39, 0.29) is 23.5 Å². The summed E-state index contributed by atoms with van der Waals surface area (Å²) >= 11 is 0. The summed E-state index contributed by atoms with van der Waals surface area (Å²) in [5, 5.41) is 0. The van der Waals surface area contributed by atoms with Crippen LogP contribution in [-0.2, 0) is 24.3 Å². The van der Waals surface area contributed by atoms with Crippen molar-refractivity contribution in [2.24, 2.45) is 0 Å². The Kier molecular flexibility index (Phi) is 6.98. The standard InChI is InChI=1S/C22H30N2O5S/c1-15-11-16(2)22(17(3)12-15)30(27,28)23-13-21(26)29-14-20(25)24(19-9-10-19)18-7-5-4-6-8-18/h7,11-12,19,23H,4-6,8-10,13-14H2,1-3H3. The number of carbonyl (C=O) groups is 2. The topological polar surface area (TPSA) is 92.8 Å². The van der Waals surface area contributed by atoms with Crippen LogP contribution in [0.25, 0.3) is 0 Å². The number of benzene rings is 1. The molecule has 2 aliphatic rings. The van der Waals surface area contributed by atoms with E-state index in [0.717, 1.165) is 49.8 Å². The first kappa shape index (κ1) is 22.5. The number of sulfonamides is 1. The van der Waals surface area contributed by atoms with E-state index in [1.165, 1.54) is 0 Å². The third kappa shape index (κ3) is 5.49. The third-order valence-corrected chi connectivity index (χ3v) is 7.10. The van der Waals surface area contributed by atoms with E-state index in [1.807, 2.05) is 6.92 Å². The molecule has 1 amide bonds. The van der Waals surface area contributed by atoms with Gasteiger partial charge in [-0.2, -0.15) is 4.72 Å². The quantitative estimate of drug-likeness (QED) is 0.635. The van der Waals surface area contributed by atoms with Crippen LogP contribution in [0, 0.1) is 20.8 Å². The highest BCUT2D eigenvalue weighted by molar-refractivity contribution is 7.89. The van der Waals surface area contributed by atoms with Gasteiger partial charge < -0.3 is 9.64 Å². The molecule has 8 heteroatoms. The molecule has 1 saturated carbocycles. The van der Waals surface area contributed by atoms with Gasteiger partial charge in [0.15, 0.2) is 6.61 Å². The first-order valence-corrected chi connectivity index (χ1v) is 11.9. The fourth-order valence-electron chi connectivity index (χ4n) is 4.05. The molecule has 164 valence electrons. The van der Waals surface area contributed by atoms with Crippen LogP contribution in [0.4, 0.5) is 0 Å². The molecule has 2 aliphatic carbocycles. The number of hydrogen-bond acceptors (Lipinski definition) is 5. The Morgan fingerprint density at radius 2 is 1.80 bits per heavy atom. The molecule has 0 unspecified atom stereocenters. The lowest BCUT2D eigenvalue weighted by Crippen LogP contribution is -2.38. The number of nitrogens with one attached hydrogen (secondary N) is 1. The zero-order valence-corrected chi connectivity index (χ0v) is 18.7. The summed E-state index contributed by atoms with van der Waals surface area (Å²) in [6.45, 7) is 4.44. The van der Waals surface area contributed by atoms with E-state index >= 15 is 0 Å². The summed E-state index contributed by atoms with van der Waals surface area (Å²) in [5.41, 5.74) is 3.22. The number of allylic oxidation sites excluding steroid dienone is 2. The van der Waals surface area contributed by atoms with Crippen LogP contribution in [-0.4, -0.2) is 44.4 Å². The number of carbonyl (C=O) groups excluding carboxylic acids is 2. The van der Waals surface area contributed by atoms with Gasteiger partial charge in [-0.3, -0.25) is 9.59 Å². The molecule has 0 aromatic heterocycles. The fourth-order valence-corrected chi connectivity index (χ4v) is 5.47. The van der Waals surface area contributed by atoms with Gasteiger partial charge in [-0.05, 0) is 70.4 Å². The van der Waals surface area contributed by atoms with Gasteiger partial charge in [-0.15, -0.1) is 0 Å². The molecular formula is C22H30N2O5S. The van der Waals surface area contributed by atoms with Crippen molar-refractivity contribution < 1.29 is 22.7 Å².